The first-order valence-corrected chi connectivity index (χ1v) is 12.0. The van der Waals surface area contributed by atoms with Gasteiger partial charge in [-0.2, -0.15) is 0 Å². The molecule has 1 N–H and O–H groups in total. The second-order valence-electron chi connectivity index (χ2n) is 7.99. The molecule has 0 aliphatic carbocycles. The van der Waals surface area contributed by atoms with Crippen LogP contribution >= 0.6 is 0 Å². The van der Waals surface area contributed by atoms with E-state index in [0.717, 1.165) is 11.1 Å². The summed E-state index contributed by atoms with van der Waals surface area (Å²) in [6, 6.07) is 18.9. The monoisotopic (exact) mass is 446 g/mol. The van der Waals surface area contributed by atoms with Crippen LogP contribution in [0.3, 0.4) is 0 Å². The summed E-state index contributed by atoms with van der Waals surface area (Å²) in [7, 11) is -3.75. The number of aliphatic hydroxyl groups excluding tert-OH is 1. The van der Waals surface area contributed by atoms with Crippen molar-refractivity contribution in [2.24, 2.45) is 0 Å². The Bertz CT molecular complexity index is 945. The summed E-state index contributed by atoms with van der Waals surface area (Å²) in [6.07, 6.45) is -3.65. The average molecular weight is 447 g/mol. The molecule has 31 heavy (non-hydrogen) atoms. The van der Waals surface area contributed by atoms with Gasteiger partial charge in [-0.15, -0.1) is 0 Å². The molecule has 2 aromatic rings. The molecular formula is C24H30O6S. The summed E-state index contributed by atoms with van der Waals surface area (Å²) in [5, 5.41) is 11.1. The molecule has 1 heterocycles. The normalized spacial score (nSPS) is 26.5. The van der Waals surface area contributed by atoms with E-state index >= 15 is 0 Å². The van der Waals surface area contributed by atoms with E-state index in [1.807, 2.05) is 60.7 Å². The molecule has 0 saturated carbocycles. The van der Waals surface area contributed by atoms with Gasteiger partial charge >= 0.3 is 0 Å². The fourth-order valence-corrected chi connectivity index (χ4v) is 5.50. The minimum atomic E-state index is -3.75. The molecule has 2 aromatic carbocycles. The van der Waals surface area contributed by atoms with Crippen LogP contribution in [0.2, 0.25) is 0 Å². The Morgan fingerprint density at radius 1 is 0.968 bits per heavy atom. The number of sulfone groups is 1. The number of benzene rings is 2. The van der Waals surface area contributed by atoms with E-state index in [1.165, 1.54) is 0 Å². The number of hydrogen-bond donors (Lipinski definition) is 1. The molecule has 1 fully saturated rings. The van der Waals surface area contributed by atoms with Crippen LogP contribution in [-0.4, -0.2) is 49.1 Å². The maximum atomic E-state index is 13.0. The standard InChI is InChI=1S/C24H30O6S/c1-17(2)16-31(26,27)24-23(29-15-20-12-8-5-9-13-20)21(25)22(18(3)30-24)28-14-19-10-6-4-7-11-19/h4-13,18,21-25H,1,14-16H2,2-3H3/t18-,21+,22-,23+,24?/m0/s1. The van der Waals surface area contributed by atoms with Crippen molar-refractivity contribution in [3.05, 3.63) is 83.9 Å². The van der Waals surface area contributed by atoms with E-state index in [-0.39, 0.29) is 19.0 Å². The average Bonchev–Trinajstić information content (AvgIpc) is 2.73. The van der Waals surface area contributed by atoms with Crippen LogP contribution < -0.4 is 0 Å². The van der Waals surface area contributed by atoms with Gasteiger partial charge < -0.3 is 19.3 Å². The van der Waals surface area contributed by atoms with E-state index in [4.69, 9.17) is 14.2 Å². The van der Waals surface area contributed by atoms with E-state index < -0.39 is 39.7 Å². The predicted octanol–water partition coefficient (Wildman–Crippen LogP) is 3.25. The van der Waals surface area contributed by atoms with Crippen molar-refractivity contribution in [1.29, 1.82) is 0 Å². The maximum Gasteiger partial charge on any atom is 0.188 e. The zero-order chi connectivity index (χ0) is 22.4. The van der Waals surface area contributed by atoms with Crippen molar-refractivity contribution < 1.29 is 27.7 Å². The lowest BCUT2D eigenvalue weighted by Crippen LogP contribution is -2.60. The van der Waals surface area contributed by atoms with Crippen molar-refractivity contribution in [2.45, 2.75) is 56.9 Å². The largest absolute Gasteiger partial charge is 0.387 e. The SMILES string of the molecule is C=C(C)CS(=O)(=O)C1O[C@@H](C)[C@H](OCc2ccccc2)[C@@H](O)[C@H]1OCc1ccccc1. The van der Waals surface area contributed by atoms with Gasteiger partial charge in [0, 0.05) is 0 Å². The third-order valence-corrected chi connectivity index (χ3v) is 7.11. The molecule has 0 bridgehead atoms. The smallest absolute Gasteiger partial charge is 0.188 e. The Hall–Kier alpha value is -2.03. The van der Waals surface area contributed by atoms with Gasteiger partial charge in [0.1, 0.15) is 18.3 Å². The number of rotatable bonds is 9. The van der Waals surface area contributed by atoms with Gasteiger partial charge in [0.15, 0.2) is 15.3 Å². The summed E-state index contributed by atoms with van der Waals surface area (Å²) in [5.41, 5.74) is 0.997. The van der Waals surface area contributed by atoms with Gasteiger partial charge in [0.25, 0.3) is 0 Å². The zero-order valence-electron chi connectivity index (χ0n) is 17.9. The summed E-state index contributed by atoms with van der Waals surface area (Å²) in [4.78, 5) is 0. The van der Waals surface area contributed by atoms with E-state index in [2.05, 4.69) is 6.58 Å². The lowest BCUT2D eigenvalue weighted by atomic mass is 10.00. The van der Waals surface area contributed by atoms with Crippen LogP contribution in [0.25, 0.3) is 0 Å². The van der Waals surface area contributed by atoms with E-state index in [1.54, 1.807) is 13.8 Å². The second-order valence-corrected chi connectivity index (χ2v) is 10.1. The minimum Gasteiger partial charge on any atom is -0.387 e. The molecule has 1 unspecified atom stereocenters. The Kier molecular flexibility index (Phi) is 8.02. The fourth-order valence-electron chi connectivity index (χ4n) is 3.65. The molecule has 7 heteroatoms. The number of ether oxygens (including phenoxy) is 3. The molecule has 0 amide bonds. The molecule has 5 atom stereocenters. The first-order chi connectivity index (χ1) is 14.8. The highest BCUT2D eigenvalue weighted by Gasteiger charge is 2.50. The van der Waals surface area contributed by atoms with Crippen LogP contribution in [0, 0.1) is 0 Å². The van der Waals surface area contributed by atoms with Crippen molar-refractivity contribution >= 4 is 9.84 Å². The molecule has 168 valence electrons. The van der Waals surface area contributed by atoms with Crippen LogP contribution in [0.15, 0.2) is 72.8 Å². The zero-order valence-corrected chi connectivity index (χ0v) is 18.7. The highest BCUT2D eigenvalue weighted by Crippen LogP contribution is 2.30. The lowest BCUT2D eigenvalue weighted by Gasteiger charge is -2.43. The first-order valence-electron chi connectivity index (χ1n) is 10.3. The van der Waals surface area contributed by atoms with E-state index in [9.17, 15) is 13.5 Å². The molecule has 0 radical (unpaired) electrons. The molecule has 6 nitrogen and oxygen atoms in total. The van der Waals surface area contributed by atoms with Crippen LogP contribution in [-0.2, 0) is 37.3 Å². The van der Waals surface area contributed by atoms with Gasteiger partial charge in [-0.1, -0.05) is 72.8 Å². The van der Waals surface area contributed by atoms with Gasteiger partial charge in [0.05, 0.1) is 25.1 Å². The Balaban J connectivity index is 1.80. The summed E-state index contributed by atoms with van der Waals surface area (Å²) >= 11 is 0. The summed E-state index contributed by atoms with van der Waals surface area (Å²) < 4.78 is 43.7. The highest BCUT2D eigenvalue weighted by molar-refractivity contribution is 7.92. The Morgan fingerprint density at radius 3 is 1.94 bits per heavy atom. The highest BCUT2D eigenvalue weighted by atomic mass is 32.2. The molecule has 1 saturated heterocycles. The third-order valence-electron chi connectivity index (χ3n) is 5.12. The van der Waals surface area contributed by atoms with Crippen LogP contribution in [0.5, 0.6) is 0 Å². The fraction of sp³-hybridized carbons (Fsp3) is 0.417. The Morgan fingerprint density at radius 2 is 1.45 bits per heavy atom. The van der Waals surface area contributed by atoms with Crippen molar-refractivity contribution in [3.8, 4) is 0 Å². The number of hydrogen-bond acceptors (Lipinski definition) is 6. The molecule has 3 rings (SSSR count). The van der Waals surface area contributed by atoms with Crippen molar-refractivity contribution in [1.82, 2.24) is 0 Å². The van der Waals surface area contributed by atoms with Crippen LogP contribution in [0.1, 0.15) is 25.0 Å². The Labute approximate surface area is 184 Å². The summed E-state index contributed by atoms with van der Waals surface area (Å²) in [6.45, 7) is 7.47. The van der Waals surface area contributed by atoms with Gasteiger partial charge in [-0.05, 0) is 25.0 Å². The third kappa shape index (κ3) is 6.24. The van der Waals surface area contributed by atoms with Crippen molar-refractivity contribution in [2.75, 3.05) is 5.75 Å². The molecule has 0 aromatic heterocycles. The van der Waals surface area contributed by atoms with Crippen molar-refractivity contribution in [3.63, 3.8) is 0 Å². The molecule has 1 aliphatic heterocycles. The van der Waals surface area contributed by atoms with Gasteiger partial charge in [0.2, 0.25) is 0 Å². The van der Waals surface area contributed by atoms with Gasteiger partial charge in [-0.25, -0.2) is 8.42 Å². The lowest BCUT2D eigenvalue weighted by molar-refractivity contribution is -0.228. The predicted molar refractivity (Wildman–Crippen MR) is 119 cm³/mol. The van der Waals surface area contributed by atoms with Crippen LogP contribution in [0.4, 0.5) is 0 Å². The van der Waals surface area contributed by atoms with E-state index in [0.29, 0.717) is 5.57 Å². The molecule has 1 aliphatic rings. The molecular weight excluding hydrogens is 416 g/mol. The van der Waals surface area contributed by atoms with Gasteiger partial charge in [-0.3, -0.25) is 0 Å². The number of aliphatic hydroxyl groups is 1. The first kappa shape index (κ1) is 23.6. The molecule has 0 spiro atoms. The quantitative estimate of drug-likeness (QED) is 0.596. The second kappa shape index (κ2) is 10.5. The summed E-state index contributed by atoms with van der Waals surface area (Å²) in [5.74, 6) is -0.238. The topological polar surface area (TPSA) is 82.1 Å². The minimum absolute atomic E-state index is 0.144. The maximum absolute atomic E-state index is 13.0.